The summed E-state index contributed by atoms with van der Waals surface area (Å²) in [7, 11) is 0. The van der Waals surface area contributed by atoms with Gasteiger partial charge in [-0.05, 0) is 48.4 Å². The molecule has 1 aromatic heterocycles. The molecule has 4 nitrogen and oxygen atoms in total. The van der Waals surface area contributed by atoms with Gasteiger partial charge >= 0.3 is 0 Å². The molecule has 3 aromatic rings. The number of carbonyl (C=O) groups is 1. The Balaban J connectivity index is 1.61. The second-order valence-corrected chi connectivity index (χ2v) is 6.57. The summed E-state index contributed by atoms with van der Waals surface area (Å²) in [6, 6.07) is 9.01. The van der Waals surface area contributed by atoms with Gasteiger partial charge in [0, 0.05) is 28.7 Å². The van der Waals surface area contributed by atoms with E-state index in [1.807, 2.05) is 0 Å². The van der Waals surface area contributed by atoms with Crippen molar-refractivity contribution in [3.8, 4) is 11.3 Å². The molecule has 2 heterocycles. The van der Waals surface area contributed by atoms with Crippen molar-refractivity contribution in [3.63, 3.8) is 0 Å². The minimum absolute atomic E-state index is 0.0981. The van der Waals surface area contributed by atoms with Crippen molar-refractivity contribution >= 4 is 33.8 Å². The quantitative estimate of drug-likeness (QED) is 0.713. The zero-order chi connectivity index (χ0) is 17.4. The Morgan fingerprint density at radius 1 is 1.12 bits per heavy atom. The summed E-state index contributed by atoms with van der Waals surface area (Å²) < 4.78 is 27.4. The van der Waals surface area contributed by atoms with Crippen LogP contribution < -0.4 is 10.6 Å². The predicted molar refractivity (Wildman–Crippen MR) is 94.1 cm³/mol. The van der Waals surface area contributed by atoms with Gasteiger partial charge in [-0.1, -0.05) is 0 Å². The molecule has 1 aliphatic heterocycles. The molecule has 0 saturated carbocycles. The lowest BCUT2D eigenvalue weighted by atomic mass is 9.99. The van der Waals surface area contributed by atoms with Gasteiger partial charge in [-0.2, -0.15) is 0 Å². The molecule has 1 amide bonds. The molecular weight excluding hydrogens is 344 g/mol. The lowest BCUT2D eigenvalue weighted by molar-refractivity contribution is -0.116. The monoisotopic (exact) mass is 357 g/mol. The van der Waals surface area contributed by atoms with Gasteiger partial charge in [-0.25, -0.2) is 13.8 Å². The summed E-state index contributed by atoms with van der Waals surface area (Å²) in [6.45, 7) is 0. The van der Waals surface area contributed by atoms with Crippen molar-refractivity contribution in [2.45, 2.75) is 12.8 Å². The van der Waals surface area contributed by atoms with Gasteiger partial charge in [0.05, 0.1) is 5.69 Å². The van der Waals surface area contributed by atoms with Crippen LogP contribution in [0.2, 0.25) is 0 Å². The highest BCUT2D eigenvalue weighted by molar-refractivity contribution is 7.14. The first-order chi connectivity index (χ1) is 12.1. The van der Waals surface area contributed by atoms with Crippen molar-refractivity contribution < 1.29 is 13.6 Å². The number of hydrogen-bond donors (Lipinski definition) is 2. The van der Waals surface area contributed by atoms with E-state index in [2.05, 4.69) is 15.6 Å². The minimum Gasteiger partial charge on any atom is -0.332 e. The van der Waals surface area contributed by atoms with Crippen LogP contribution in [-0.2, 0) is 11.2 Å². The van der Waals surface area contributed by atoms with E-state index in [4.69, 9.17) is 0 Å². The average molecular weight is 357 g/mol. The third-order valence-corrected chi connectivity index (χ3v) is 4.72. The van der Waals surface area contributed by atoms with E-state index in [-0.39, 0.29) is 11.7 Å². The van der Waals surface area contributed by atoms with Gasteiger partial charge in [0.25, 0.3) is 0 Å². The number of rotatable bonds is 3. The Bertz CT molecular complexity index is 953. The smallest absolute Gasteiger partial charge is 0.224 e. The maximum atomic E-state index is 14.4. The highest BCUT2D eigenvalue weighted by Crippen LogP contribution is 2.33. The van der Waals surface area contributed by atoms with Crippen LogP contribution in [0.5, 0.6) is 0 Å². The minimum atomic E-state index is -0.431. The zero-order valence-electron chi connectivity index (χ0n) is 13.0. The highest BCUT2D eigenvalue weighted by atomic mass is 32.1. The topological polar surface area (TPSA) is 54.0 Å². The highest BCUT2D eigenvalue weighted by Gasteiger charge is 2.19. The van der Waals surface area contributed by atoms with Gasteiger partial charge in [0.2, 0.25) is 5.91 Å². The Morgan fingerprint density at radius 2 is 1.92 bits per heavy atom. The van der Waals surface area contributed by atoms with Crippen molar-refractivity contribution in [2.24, 2.45) is 0 Å². The fourth-order valence-electron chi connectivity index (χ4n) is 2.71. The Morgan fingerprint density at radius 3 is 2.72 bits per heavy atom. The maximum Gasteiger partial charge on any atom is 0.224 e. The number of thiazole rings is 1. The molecule has 0 spiro atoms. The summed E-state index contributed by atoms with van der Waals surface area (Å²) in [6.07, 6.45) is 0.978. The first kappa shape index (κ1) is 15.7. The fourth-order valence-corrected chi connectivity index (χ4v) is 3.44. The molecule has 1 aliphatic rings. The second kappa shape index (κ2) is 6.25. The maximum absolute atomic E-state index is 14.4. The third-order valence-electron chi connectivity index (χ3n) is 3.96. The van der Waals surface area contributed by atoms with E-state index < -0.39 is 5.82 Å². The van der Waals surface area contributed by atoms with E-state index in [0.717, 1.165) is 5.56 Å². The van der Waals surface area contributed by atoms with Gasteiger partial charge < -0.3 is 10.6 Å². The summed E-state index contributed by atoms with van der Waals surface area (Å²) in [5, 5.41) is 8.10. The first-order valence-corrected chi connectivity index (χ1v) is 8.57. The van der Waals surface area contributed by atoms with Gasteiger partial charge in [-0.15, -0.1) is 11.3 Å². The van der Waals surface area contributed by atoms with Crippen LogP contribution in [-0.4, -0.2) is 10.9 Å². The second-order valence-electron chi connectivity index (χ2n) is 5.71. The van der Waals surface area contributed by atoms with Crippen LogP contribution >= 0.6 is 11.3 Å². The first-order valence-electron chi connectivity index (χ1n) is 7.69. The number of anilines is 3. The van der Waals surface area contributed by atoms with Crippen LogP contribution in [0.4, 0.5) is 25.3 Å². The van der Waals surface area contributed by atoms with Crippen LogP contribution in [0.1, 0.15) is 12.0 Å². The molecular formula is C18H13F2N3OS. The van der Waals surface area contributed by atoms with Gasteiger partial charge in [-0.3, -0.25) is 4.79 Å². The molecule has 0 aliphatic carbocycles. The van der Waals surface area contributed by atoms with Crippen molar-refractivity contribution in [1.82, 2.24) is 4.98 Å². The molecule has 0 radical (unpaired) electrons. The average Bonchev–Trinajstić information content (AvgIpc) is 3.04. The summed E-state index contributed by atoms with van der Waals surface area (Å²) in [4.78, 5) is 15.8. The lowest BCUT2D eigenvalue weighted by Crippen LogP contribution is -2.19. The molecule has 0 unspecified atom stereocenters. The Labute approximate surface area is 146 Å². The molecule has 4 rings (SSSR count). The van der Waals surface area contributed by atoms with E-state index >= 15 is 0 Å². The van der Waals surface area contributed by atoms with Gasteiger partial charge in [0.1, 0.15) is 11.6 Å². The van der Waals surface area contributed by atoms with Crippen molar-refractivity contribution in [2.75, 3.05) is 10.6 Å². The lowest BCUT2D eigenvalue weighted by Gasteiger charge is -2.17. The van der Waals surface area contributed by atoms with E-state index in [0.29, 0.717) is 40.6 Å². The standard InChI is InChI=1S/C18H13F2N3OS/c19-11-2-4-12(5-3-11)21-18-23-16(9-25-18)13-7-10-1-6-17(24)22-15(10)8-14(13)20/h2-5,7-9H,1,6H2,(H,21,23)(H,22,24). The number of amides is 1. The number of fused-ring (bicyclic) bond motifs is 1. The molecule has 0 atom stereocenters. The van der Waals surface area contributed by atoms with Crippen LogP contribution in [0.25, 0.3) is 11.3 Å². The number of aryl methyl sites for hydroxylation is 1. The van der Waals surface area contributed by atoms with Crippen LogP contribution in [0.15, 0.2) is 41.8 Å². The summed E-state index contributed by atoms with van der Waals surface area (Å²) in [5.41, 5.74) is 3.05. The van der Waals surface area contributed by atoms with E-state index in [1.54, 1.807) is 23.6 Å². The number of carbonyl (C=O) groups excluding carboxylic acids is 1. The summed E-state index contributed by atoms with van der Waals surface area (Å²) >= 11 is 1.34. The molecule has 126 valence electrons. The van der Waals surface area contributed by atoms with Gasteiger partial charge in [0.15, 0.2) is 5.13 Å². The summed E-state index contributed by atoms with van der Waals surface area (Å²) in [5.74, 6) is -0.840. The van der Waals surface area contributed by atoms with Crippen LogP contribution in [0, 0.1) is 11.6 Å². The Hall–Kier alpha value is -2.80. The van der Waals surface area contributed by atoms with Crippen LogP contribution in [0.3, 0.4) is 0 Å². The van der Waals surface area contributed by atoms with E-state index in [9.17, 15) is 13.6 Å². The molecule has 0 fully saturated rings. The molecule has 0 bridgehead atoms. The molecule has 2 aromatic carbocycles. The third kappa shape index (κ3) is 3.23. The number of nitrogens with one attached hydrogen (secondary N) is 2. The number of halogens is 2. The SMILES string of the molecule is O=C1CCc2cc(-c3csc(Nc4ccc(F)cc4)n3)c(F)cc2N1. The van der Waals surface area contributed by atoms with Crippen molar-refractivity contribution in [3.05, 3.63) is 59.0 Å². The zero-order valence-corrected chi connectivity index (χ0v) is 13.8. The fraction of sp³-hybridized carbons (Fsp3) is 0.111. The van der Waals surface area contributed by atoms with E-state index in [1.165, 1.54) is 29.5 Å². The molecule has 7 heteroatoms. The number of aromatic nitrogens is 1. The number of hydrogen-bond acceptors (Lipinski definition) is 4. The Kier molecular flexibility index (Phi) is 3.93. The normalized spacial score (nSPS) is 13.3. The molecule has 2 N–H and O–H groups in total. The molecule has 25 heavy (non-hydrogen) atoms. The molecule has 0 saturated heterocycles. The largest absolute Gasteiger partial charge is 0.332 e. The van der Waals surface area contributed by atoms with Crippen molar-refractivity contribution in [1.29, 1.82) is 0 Å². The predicted octanol–water partition coefficient (Wildman–Crippen LogP) is 4.72. The number of benzene rings is 2. The number of nitrogens with zero attached hydrogens (tertiary/aromatic N) is 1.